The summed E-state index contributed by atoms with van der Waals surface area (Å²) in [4.78, 5) is 14.3. The lowest BCUT2D eigenvalue weighted by Gasteiger charge is -2.26. The molecule has 4 nitrogen and oxygen atoms in total. The van der Waals surface area contributed by atoms with Gasteiger partial charge in [-0.2, -0.15) is 4.98 Å². The molecular formula is C17H30N4. The molecule has 1 aliphatic rings. The number of anilines is 2. The van der Waals surface area contributed by atoms with Crippen molar-refractivity contribution < 1.29 is 0 Å². The van der Waals surface area contributed by atoms with E-state index in [1.165, 1.54) is 25.7 Å². The van der Waals surface area contributed by atoms with Crippen molar-refractivity contribution in [3.63, 3.8) is 0 Å². The van der Waals surface area contributed by atoms with E-state index in [-0.39, 0.29) is 0 Å². The van der Waals surface area contributed by atoms with Gasteiger partial charge in [0.2, 0.25) is 5.95 Å². The molecule has 2 heterocycles. The van der Waals surface area contributed by atoms with Gasteiger partial charge in [-0.1, -0.05) is 26.7 Å². The summed E-state index contributed by atoms with van der Waals surface area (Å²) in [6.45, 7) is 10.9. The van der Waals surface area contributed by atoms with E-state index in [1.54, 1.807) is 0 Å². The van der Waals surface area contributed by atoms with Crippen molar-refractivity contribution >= 4 is 11.8 Å². The highest BCUT2D eigenvalue weighted by molar-refractivity contribution is 5.46. The zero-order valence-corrected chi connectivity index (χ0v) is 13.9. The Balaban J connectivity index is 2.22. The Morgan fingerprint density at radius 1 is 1.00 bits per heavy atom. The number of aryl methyl sites for hydroxylation is 1. The maximum Gasteiger partial charge on any atom is 0.227 e. The molecule has 0 unspecified atom stereocenters. The van der Waals surface area contributed by atoms with Gasteiger partial charge in [0.1, 0.15) is 5.82 Å². The zero-order chi connectivity index (χ0) is 15.1. The highest BCUT2D eigenvalue weighted by Crippen LogP contribution is 2.21. The molecule has 0 bridgehead atoms. The first-order valence-corrected chi connectivity index (χ1v) is 8.60. The summed E-state index contributed by atoms with van der Waals surface area (Å²) in [7, 11) is 0. The van der Waals surface area contributed by atoms with E-state index >= 15 is 0 Å². The second kappa shape index (κ2) is 8.20. The lowest BCUT2D eigenvalue weighted by Crippen LogP contribution is -2.29. The summed E-state index contributed by atoms with van der Waals surface area (Å²) in [5.74, 6) is 2.04. The average molecular weight is 290 g/mol. The summed E-state index contributed by atoms with van der Waals surface area (Å²) in [5, 5.41) is 0. The Morgan fingerprint density at radius 2 is 1.62 bits per heavy atom. The smallest absolute Gasteiger partial charge is 0.227 e. The quantitative estimate of drug-likeness (QED) is 0.798. The fraction of sp³-hybridized carbons (Fsp3) is 0.765. The van der Waals surface area contributed by atoms with E-state index < -0.39 is 0 Å². The Hall–Kier alpha value is -1.32. The number of hydrogen-bond donors (Lipinski definition) is 0. The van der Waals surface area contributed by atoms with Gasteiger partial charge in [-0.05, 0) is 32.6 Å². The first-order chi connectivity index (χ1) is 10.2. The average Bonchev–Trinajstić information content (AvgIpc) is 2.75. The predicted octanol–water partition coefficient (Wildman–Crippen LogP) is 3.79. The van der Waals surface area contributed by atoms with Crippen molar-refractivity contribution in [1.82, 2.24) is 9.97 Å². The van der Waals surface area contributed by atoms with Crippen molar-refractivity contribution in [3.05, 3.63) is 11.8 Å². The third-order valence-electron chi connectivity index (χ3n) is 4.03. The van der Waals surface area contributed by atoms with Gasteiger partial charge in [0.15, 0.2) is 0 Å². The van der Waals surface area contributed by atoms with Gasteiger partial charge in [-0.15, -0.1) is 0 Å². The topological polar surface area (TPSA) is 32.3 Å². The van der Waals surface area contributed by atoms with Crippen molar-refractivity contribution in [1.29, 1.82) is 0 Å². The van der Waals surface area contributed by atoms with Crippen LogP contribution in [0.2, 0.25) is 0 Å². The largest absolute Gasteiger partial charge is 0.356 e. The van der Waals surface area contributed by atoms with Crippen LogP contribution < -0.4 is 9.80 Å². The number of nitrogens with zero attached hydrogens (tertiary/aromatic N) is 4. The Bertz CT molecular complexity index is 399. The van der Waals surface area contributed by atoms with Crippen LogP contribution in [0.25, 0.3) is 0 Å². The minimum Gasteiger partial charge on any atom is -0.356 e. The monoisotopic (exact) mass is 290 g/mol. The fourth-order valence-electron chi connectivity index (χ4n) is 2.99. The molecule has 1 aliphatic heterocycles. The van der Waals surface area contributed by atoms with Crippen molar-refractivity contribution in [2.75, 3.05) is 36.0 Å². The van der Waals surface area contributed by atoms with E-state index in [0.29, 0.717) is 0 Å². The van der Waals surface area contributed by atoms with E-state index in [2.05, 4.69) is 41.6 Å². The lowest BCUT2D eigenvalue weighted by molar-refractivity contribution is 0.712. The molecule has 1 saturated heterocycles. The maximum absolute atomic E-state index is 4.88. The second-order valence-corrected chi connectivity index (χ2v) is 6.06. The maximum atomic E-state index is 4.88. The second-order valence-electron chi connectivity index (χ2n) is 6.06. The zero-order valence-electron chi connectivity index (χ0n) is 13.9. The summed E-state index contributed by atoms with van der Waals surface area (Å²) in [5.41, 5.74) is 1.08. The van der Waals surface area contributed by atoms with Crippen LogP contribution >= 0.6 is 0 Å². The third-order valence-corrected chi connectivity index (χ3v) is 4.03. The normalized spacial score (nSPS) is 15.9. The van der Waals surface area contributed by atoms with Crippen molar-refractivity contribution in [3.8, 4) is 0 Å². The first-order valence-electron chi connectivity index (χ1n) is 8.60. The van der Waals surface area contributed by atoms with E-state index in [0.717, 1.165) is 56.5 Å². The molecule has 1 aromatic rings. The molecule has 1 fully saturated rings. The molecule has 21 heavy (non-hydrogen) atoms. The van der Waals surface area contributed by atoms with Gasteiger partial charge in [0.05, 0.1) is 0 Å². The SMILES string of the molecule is CCCN(CCC)c1nc(C)cc(N2CCCCCC2)n1. The van der Waals surface area contributed by atoms with Gasteiger partial charge in [-0.25, -0.2) is 4.98 Å². The minimum absolute atomic E-state index is 0.915. The minimum atomic E-state index is 0.915. The van der Waals surface area contributed by atoms with Gasteiger partial charge >= 0.3 is 0 Å². The van der Waals surface area contributed by atoms with Crippen molar-refractivity contribution in [2.24, 2.45) is 0 Å². The highest BCUT2D eigenvalue weighted by atomic mass is 15.3. The number of rotatable bonds is 6. The van der Waals surface area contributed by atoms with E-state index in [9.17, 15) is 0 Å². The molecule has 0 N–H and O–H groups in total. The van der Waals surface area contributed by atoms with Crippen LogP contribution in [0.1, 0.15) is 58.1 Å². The van der Waals surface area contributed by atoms with Gasteiger partial charge in [0, 0.05) is 37.9 Å². The Morgan fingerprint density at radius 3 is 2.19 bits per heavy atom. The Kier molecular flexibility index (Phi) is 6.27. The number of hydrogen-bond acceptors (Lipinski definition) is 4. The summed E-state index contributed by atoms with van der Waals surface area (Å²) >= 11 is 0. The molecule has 0 aromatic carbocycles. The molecule has 0 radical (unpaired) electrons. The van der Waals surface area contributed by atoms with Crippen LogP contribution in [-0.2, 0) is 0 Å². The molecule has 0 atom stereocenters. The molecule has 118 valence electrons. The molecule has 0 aliphatic carbocycles. The summed E-state index contributed by atoms with van der Waals surface area (Å²) in [6.07, 6.45) is 7.54. The first kappa shape index (κ1) is 16.1. The van der Waals surface area contributed by atoms with Crippen molar-refractivity contribution in [2.45, 2.75) is 59.3 Å². The summed E-state index contributed by atoms with van der Waals surface area (Å²) < 4.78 is 0. The molecule has 1 aromatic heterocycles. The Labute approximate surface area is 129 Å². The van der Waals surface area contributed by atoms with Crippen LogP contribution in [0, 0.1) is 6.92 Å². The van der Waals surface area contributed by atoms with E-state index in [1.807, 2.05) is 0 Å². The molecule has 0 saturated carbocycles. The summed E-state index contributed by atoms with van der Waals surface area (Å²) in [6, 6.07) is 2.14. The van der Waals surface area contributed by atoms with Gasteiger partial charge < -0.3 is 9.80 Å². The van der Waals surface area contributed by atoms with E-state index in [4.69, 9.17) is 4.98 Å². The standard InChI is InChI=1S/C17H30N4/c1-4-10-21(11-5-2)17-18-15(3)14-16(19-17)20-12-8-6-7-9-13-20/h14H,4-13H2,1-3H3. The van der Waals surface area contributed by atoms with Crippen LogP contribution in [-0.4, -0.2) is 36.1 Å². The van der Waals surface area contributed by atoms with Gasteiger partial charge in [-0.3, -0.25) is 0 Å². The molecule has 4 heteroatoms. The predicted molar refractivity (Wildman–Crippen MR) is 90.2 cm³/mol. The molecular weight excluding hydrogens is 260 g/mol. The highest BCUT2D eigenvalue weighted by Gasteiger charge is 2.15. The van der Waals surface area contributed by atoms with Crippen LogP contribution in [0.15, 0.2) is 6.07 Å². The lowest BCUT2D eigenvalue weighted by atomic mass is 10.2. The van der Waals surface area contributed by atoms with Gasteiger partial charge in [0.25, 0.3) is 0 Å². The molecule has 0 spiro atoms. The molecule has 2 rings (SSSR count). The van der Waals surface area contributed by atoms with Crippen LogP contribution in [0.5, 0.6) is 0 Å². The third kappa shape index (κ3) is 4.58. The molecule has 0 amide bonds. The van der Waals surface area contributed by atoms with Crippen LogP contribution in [0.3, 0.4) is 0 Å². The number of aromatic nitrogens is 2. The van der Waals surface area contributed by atoms with Crippen LogP contribution in [0.4, 0.5) is 11.8 Å². The fourth-order valence-corrected chi connectivity index (χ4v) is 2.99.